The molecular weight excluding hydrogens is 411 g/mol. The Bertz CT molecular complexity index is 936. The number of alkyl halides is 3. The fourth-order valence-corrected chi connectivity index (χ4v) is 4.93. The zero-order valence-electron chi connectivity index (χ0n) is 16.8. The summed E-state index contributed by atoms with van der Waals surface area (Å²) in [6, 6.07) is 5.72. The van der Waals surface area contributed by atoms with Crippen molar-refractivity contribution in [2.45, 2.75) is 76.2 Å². The first-order valence-corrected chi connectivity index (χ1v) is 11.4. The van der Waals surface area contributed by atoms with Gasteiger partial charge in [-0.2, -0.15) is 13.2 Å². The minimum Gasteiger partial charge on any atom is -0.352 e. The standard InChI is InChI=1S/C22H26F3N3OS/c23-22(24,25)16-8-6-15(7-9-16)13-26-20(29)12-19-14-30-21(28(19)18-10-11-18)27-17-4-2-1-3-5-17/h6-9,14,17-18H,1-5,10-13H2,(H,26,29). The van der Waals surface area contributed by atoms with Gasteiger partial charge in [-0.3, -0.25) is 9.79 Å². The van der Waals surface area contributed by atoms with Crippen LogP contribution >= 0.6 is 11.3 Å². The Labute approximate surface area is 177 Å². The summed E-state index contributed by atoms with van der Waals surface area (Å²) in [6.07, 6.45) is 4.21. The van der Waals surface area contributed by atoms with Crippen molar-refractivity contribution >= 4 is 17.2 Å². The molecule has 0 aliphatic heterocycles. The quantitative estimate of drug-likeness (QED) is 0.680. The monoisotopic (exact) mass is 437 g/mol. The van der Waals surface area contributed by atoms with Gasteiger partial charge in [0.2, 0.25) is 5.91 Å². The van der Waals surface area contributed by atoms with Crippen molar-refractivity contribution in [3.63, 3.8) is 0 Å². The third kappa shape index (κ3) is 5.33. The summed E-state index contributed by atoms with van der Waals surface area (Å²) in [5.74, 6) is -0.133. The first-order valence-electron chi connectivity index (χ1n) is 10.6. The average molecular weight is 438 g/mol. The second-order valence-electron chi connectivity index (χ2n) is 8.18. The minimum absolute atomic E-state index is 0.133. The molecule has 0 atom stereocenters. The molecule has 0 saturated heterocycles. The Morgan fingerprint density at radius 3 is 2.43 bits per heavy atom. The number of nitrogens with zero attached hydrogens (tertiary/aromatic N) is 2. The van der Waals surface area contributed by atoms with E-state index in [4.69, 9.17) is 4.99 Å². The number of hydrogen-bond acceptors (Lipinski definition) is 3. The number of aromatic nitrogens is 1. The molecular formula is C22H26F3N3OS. The third-order valence-corrected chi connectivity index (χ3v) is 6.61. The van der Waals surface area contributed by atoms with Crippen molar-refractivity contribution in [1.29, 1.82) is 0 Å². The molecule has 2 aromatic rings. The van der Waals surface area contributed by atoms with E-state index in [0.29, 0.717) is 17.6 Å². The van der Waals surface area contributed by atoms with Crippen LogP contribution in [0.1, 0.15) is 67.8 Å². The molecule has 1 aromatic carbocycles. The highest BCUT2D eigenvalue weighted by Crippen LogP contribution is 2.35. The van der Waals surface area contributed by atoms with Crippen LogP contribution in [0.5, 0.6) is 0 Å². The van der Waals surface area contributed by atoms with Crippen LogP contribution in [0, 0.1) is 0 Å². The van der Waals surface area contributed by atoms with Crippen LogP contribution in [0.25, 0.3) is 0 Å². The Balaban J connectivity index is 1.39. The summed E-state index contributed by atoms with van der Waals surface area (Å²) in [4.78, 5) is 18.5. The topological polar surface area (TPSA) is 46.4 Å². The predicted molar refractivity (Wildman–Crippen MR) is 110 cm³/mol. The highest BCUT2D eigenvalue weighted by atomic mass is 32.1. The number of halogens is 3. The number of benzene rings is 1. The predicted octanol–water partition coefficient (Wildman–Crippen LogP) is 5.00. The van der Waals surface area contributed by atoms with E-state index in [1.165, 1.54) is 31.4 Å². The highest BCUT2D eigenvalue weighted by molar-refractivity contribution is 7.07. The van der Waals surface area contributed by atoms with Gasteiger partial charge in [0.15, 0.2) is 4.80 Å². The van der Waals surface area contributed by atoms with Gasteiger partial charge >= 0.3 is 6.18 Å². The van der Waals surface area contributed by atoms with Crippen molar-refractivity contribution < 1.29 is 18.0 Å². The average Bonchev–Trinajstić information content (AvgIpc) is 3.49. The largest absolute Gasteiger partial charge is 0.416 e. The molecule has 2 saturated carbocycles. The van der Waals surface area contributed by atoms with Gasteiger partial charge in [0.1, 0.15) is 0 Å². The Kier molecular flexibility index (Phi) is 6.32. The number of nitrogens with one attached hydrogen (secondary N) is 1. The van der Waals surface area contributed by atoms with E-state index in [0.717, 1.165) is 48.3 Å². The Hall–Kier alpha value is -2.09. The summed E-state index contributed by atoms with van der Waals surface area (Å²) in [7, 11) is 0. The molecule has 0 spiro atoms. The van der Waals surface area contributed by atoms with Crippen LogP contribution in [-0.2, 0) is 23.9 Å². The molecule has 1 amide bonds. The minimum atomic E-state index is -4.35. The number of carbonyl (C=O) groups excluding carboxylic acids is 1. The molecule has 0 bridgehead atoms. The van der Waals surface area contributed by atoms with E-state index in [1.54, 1.807) is 11.3 Å². The van der Waals surface area contributed by atoms with Crippen LogP contribution in [0.3, 0.4) is 0 Å². The van der Waals surface area contributed by atoms with Gasteiger partial charge < -0.3 is 9.88 Å². The van der Waals surface area contributed by atoms with E-state index in [-0.39, 0.29) is 18.9 Å². The SMILES string of the molecule is O=C(Cc1csc(=NC2CCCCC2)n1C1CC1)NCc1ccc(C(F)(F)F)cc1. The maximum Gasteiger partial charge on any atom is 0.416 e. The van der Waals surface area contributed by atoms with Crippen LogP contribution < -0.4 is 10.1 Å². The summed E-state index contributed by atoms with van der Waals surface area (Å²) in [6.45, 7) is 0.212. The van der Waals surface area contributed by atoms with Gasteiger partial charge in [-0.25, -0.2) is 0 Å². The molecule has 162 valence electrons. The van der Waals surface area contributed by atoms with E-state index in [1.807, 2.05) is 5.38 Å². The zero-order chi connectivity index (χ0) is 21.1. The summed E-state index contributed by atoms with van der Waals surface area (Å²) < 4.78 is 40.2. The third-order valence-electron chi connectivity index (χ3n) is 5.71. The Morgan fingerprint density at radius 2 is 1.80 bits per heavy atom. The van der Waals surface area contributed by atoms with Crippen LogP contribution in [0.2, 0.25) is 0 Å². The van der Waals surface area contributed by atoms with E-state index in [9.17, 15) is 18.0 Å². The molecule has 0 unspecified atom stereocenters. The van der Waals surface area contributed by atoms with Gasteiger partial charge in [-0.15, -0.1) is 11.3 Å². The van der Waals surface area contributed by atoms with Crippen molar-refractivity contribution in [3.05, 3.63) is 51.3 Å². The maximum absolute atomic E-state index is 12.7. The lowest BCUT2D eigenvalue weighted by Gasteiger charge is -2.17. The number of carbonyl (C=O) groups is 1. The van der Waals surface area contributed by atoms with Gasteiger partial charge in [-0.1, -0.05) is 31.4 Å². The second-order valence-corrected chi connectivity index (χ2v) is 9.02. The van der Waals surface area contributed by atoms with Crippen LogP contribution in [0.4, 0.5) is 13.2 Å². The summed E-state index contributed by atoms with van der Waals surface area (Å²) in [5, 5.41) is 4.85. The number of hydrogen-bond donors (Lipinski definition) is 1. The molecule has 4 nitrogen and oxygen atoms in total. The lowest BCUT2D eigenvalue weighted by atomic mass is 9.96. The second kappa shape index (κ2) is 8.96. The van der Waals surface area contributed by atoms with Crippen LogP contribution in [-0.4, -0.2) is 16.5 Å². The molecule has 2 aliphatic carbocycles. The van der Waals surface area contributed by atoms with Gasteiger partial charge in [0, 0.05) is 23.7 Å². The Morgan fingerprint density at radius 1 is 1.10 bits per heavy atom. The summed E-state index contributed by atoms with van der Waals surface area (Å²) >= 11 is 1.61. The van der Waals surface area contributed by atoms with E-state index >= 15 is 0 Å². The lowest BCUT2D eigenvalue weighted by molar-refractivity contribution is -0.137. The van der Waals surface area contributed by atoms with Gasteiger partial charge in [0.25, 0.3) is 0 Å². The molecule has 8 heteroatoms. The van der Waals surface area contributed by atoms with Crippen LogP contribution in [0.15, 0.2) is 34.6 Å². The molecule has 2 aliphatic rings. The van der Waals surface area contributed by atoms with E-state index in [2.05, 4.69) is 9.88 Å². The molecule has 1 aromatic heterocycles. The van der Waals surface area contributed by atoms with Crippen molar-refractivity contribution in [2.75, 3.05) is 0 Å². The van der Waals surface area contributed by atoms with Gasteiger partial charge in [0.05, 0.1) is 18.0 Å². The highest BCUT2D eigenvalue weighted by Gasteiger charge is 2.30. The summed E-state index contributed by atoms with van der Waals surface area (Å²) in [5.41, 5.74) is 0.933. The number of rotatable bonds is 6. The van der Waals surface area contributed by atoms with E-state index < -0.39 is 11.7 Å². The normalized spacial score (nSPS) is 18.6. The number of amides is 1. The van der Waals surface area contributed by atoms with Gasteiger partial charge in [-0.05, 0) is 43.4 Å². The molecule has 2 fully saturated rings. The fraction of sp³-hybridized carbons (Fsp3) is 0.545. The van der Waals surface area contributed by atoms with Crippen molar-refractivity contribution in [3.8, 4) is 0 Å². The molecule has 1 heterocycles. The lowest BCUT2D eigenvalue weighted by Crippen LogP contribution is -2.27. The number of thiazole rings is 1. The smallest absolute Gasteiger partial charge is 0.352 e. The molecule has 4 rings (SSSR count). The van der Waals surface area contributed by atoms with Crippen molar-refractivity contribution in [2.24, 2.45) is 4.99 Å². The molecule has 1 N–H and O–H groups in total. The first kappa shape index (κ1) is 21.2. The zero-order valence-corrected chi connectivity index (χ0v) is 17.6. The molecule has 30 heavy (non-hydrogen) atoms. The fourth-order valence-electron chi connectivity index (χ4n) is 3.91. The maximum atomic E-state index is 12.7. The first-order chi connectivity index (χ1) is 14.4. The van der Waals surface area contributed by atoms with Crippen molar-refractivity contribution in [1.82, 2.24) is 9.88 Å². The molecule has 0 radical (unpaired) electrons.